The lowest BCUT2D eigenvalue weighted by Gasteiger charge is -2.16. The molecule has 0 aliphatic carbocycles. The fourth-order valence-electron chi connectivity index (χ4n) is 2.74. The van der Waals surface area contributed by atoms with Gasteiger partial charge in [-0.25, -0.2) is 0 Å². The summed E-state index contributed by atoms with van der Waals surface area (Å²) in [5, 5.41) is 6.63. The molecule has 7 heteroatoms. The summed E-state index contributed by atoms with van der Waals surface area (Å²) in [5.74, 6) is 2.57. The van der Waals surface area contributed by atoms with E-state index in [1.54, 1.807) is 28.4 Å². The second-order valence-corrected chi connectivity index (χ2v) is 5.94. The highest BCUT2D eigenvalue weighted by Crippen LogP contribution is 2.38. The van der Waals surface area contributed by atoms with Crippen molar-refractivity contribution in [3.8, 4) is 17.2 Å². The van der Waals surface area contributed by atoms with E-state index in [1.165, 1.54) is 11.1 Å². The van der Waals surface area contributed by atoms with E-state index in [1.807, 2.05) is 30.6 Å². The molecule has 2 aromatic rings. The summed E-state index contributed by atoms with van der Waals surface area (Å²) in [6, 6.07) is 5.88. The van der Waals surface area contributed by atoms with E-state index in [4.69, 9.17) is 14.2 Å². The number of hydrogen-bond donors (Lipinski definition) is 2. The van der Waals surface area contributed by atoms with Gasteiger partial charge in [0.25, 0.3) is 0 Å². The topological polar surface area (TPSA) is 77.0 Å². The van der Waals surface area contributed by atoms with Gasteiger partial charge in [0.05, 0.1) is 21.3 Å². The van der Waals surface area contributed by atoms with Crippen molar-refractivity contribution in [2.24, 2.45) is 4.99 Å². The zero-order valence-corrected chi connectivity index (χ0v) is 16.6. The average molecular weight is 372 g/mol. The Balaban J connectivity index is 1.95. The molecule has 0 saturated heterocycles. The molecule has 0 atom stereocenters. The third-order valence-corrected chi connectivity index (χ3v) is 4.23. The molecule has 0 spiro atoms. The summed E-state index contributed by atoms with van der Waals surface area (Å²) in [5.41, 5.74) is 3.47. The van der Waals surface area contributed by atoms with E-state index in [0.29, 0.717) is 23.8 Å². The lowest BCUT2D eigenvalue weighted by atomic mass is 10.1. The number of aryl methyl sites for hydroxylation is 1. The van der Waals surface area contributed by atoms with Crippen LogP contribution in [0.25, 0.3) is 0 Å². The summed E-state index contributed by atoms with van der Waals surface area (Å²) in [7, 11) is 6.56. The van der Waals surface area contributed by atoms with Crippen LogP contribution in [0.1, 0.15) is 16.7 Å². The maximum Gasteiger partial charge on any atom is 0.203 e. The second kappa shape index (κ2) is 10.3. The number of aliphatic imine (C=N–C) groups is 1. The van der Waals surface area contributed by atoms with Gasteiger partial charge in [0.1, 0.15) is 0 Å². The minimum atomic E-state index is 0.574. The number of nitrogens with zero attached hydrogens (tertiary/aromatic N) is 2. The number of methoxy groups -OCH3 is 3. The number of pyridine rings is 1. The van der Waals surface area contributed by atoms with Crippen LogP contribution in [-0.4, -0.2) is 45.9 Å². The van der Waals surface area contributed by atoms with Gasteiger partial charge in [0.15, 0.2) is 17.5 Å². The van der Waals surface area contributed by atoms with E-state index in [9.17, 15) is 0 Å². The number of aromatic nitrogens is 1. The molecule has 0 unspecified atom stereocenters. The SMILES string of the molecule is CN=C(NCCc1ccncc1C)NCc1cc(OC)c(OC)c(OC)c1. The number of benzene rings is 1. The number of guanidine groups is 1. The Kier molecular flexibility index (Phi) is 7.73. The standard InChI is InChI=1S/C20H28N4O3/c1-14-12-22-8-6-16(14)7-9-23-20(21-2)24-13-15-10-17(25-3)19(27-5)18(11-15)26-4/h6,8,10-12H,7,9,13H2,1-5H3,(H2,21,23,24). The molecule has 2 rings (SSSR count). The predicted molar refractivity (Wildman–Crippen MR) is 107 cm³/mol. The molecular weight excluding hydrogens is 344 g/mol. The van der Waals surface area contributed by atoms with E-state index in [2.05, 4.69) is 27.5 Å². The van der Waals surface area contributed by atoms with Gasteiger partial charge in [-0.1, -0.05) is 0 Å². The summed E-state index contributed by atoms with van der Waals surface area (Å²) >= 11 is 0. The van der Waals surface area contributed by atoms with Gasteiger partial charge in [-0.3, -0.25) is 9.98 Å². The Labute approximate surface area is 160 Å². The van der Waals surface area contributed by atoms with Crippen LogP contribution in [0.2, 0.25) is 0 Å². The van der Waals surface area contributed by atoms with Crippen molar-refractivity contribution in [2.45, 2.75) is 19.9 Å². The Morgan fingerprint density at radius 1 is 1.07 bits per heavy atom. The van der Waals surface area contributed by atoms with Gasteiger partial charge in [-0.15, -0.1) is 0 Å². The largest absolute Gasteiger partial charge is 0.493 e. The van der Waals surface area contributed by atoms with Crippen LogP contribution in [0, 0.1) is 6.92 Å². The summed E-state index contributed by atoms with van der Waals surface area (Å²) < 4.78 is 16.1. The number of rotatable bonds is 8. The van der Waals surface area contributed by atoms with Gasteiger partial charge in [-0.2, -0.15) is 0 Å². The van der Waals surface area contributed by atoms with E-state index in [0.717, 1.165) is 24.5 Å². The molecule has 0 amide bonds. The van der Waals surface area contributed by atoms with Gasteiger partial charge in [-0.05, 0) is 48.2 Å². The van der Waals surface area contributed by atoms with Crippen LogP contribution in [0.5, 0.6) is 17.2 Å². The van der Waals surface area contributed by atoms with Gasteiger partial charge in [0, 0.05) is 32.5 Å². The summed E-state index contributed by atoms with van der Waals surface area (Å²) in [4.78, 5) is 8.39. The van der Waals surface area contributed by atoms with Gasteiger partial charge in [0.2, 0.25) is 5.75 Å². The van der Waals surface area contributed by atoms with Crippen LogP contribution in [-0.2, 0) is 13.0 Å². The Bertz CT molecular complexity index is 753. The molecule has 0 aliphatic heterocycles. The molecule has 1 heterocycles. The molecule has 0 fully saturated rings. The first-order valence-electron chi connectivity index (χ1n) is 8.75. The molecule has 1 aromatic heterocycles. The van der Waals surface area contributed by atoms with Crippen LogP contribution in [0.3, 0.4) is 0 Å². The molecule has 7 nitrogen and oxygen atoms in total. The molecule has 2 N–H and O–H groups in total. The first-order chi connectivity index (χ1) is 13.1. The molecule has 1 aromatic carbocycles. The van der Waals surface area contributed by atoms with Crippen molar-refractivity contribution in [2.75, 3.05) is 34.9 Å². The predicted octanol–water partition coefficient (Wildman–Crippen LogP) is 2.32. The molecule has 27 heavy (non-hydrogen) atoms. The maximum atomic E-state index is 5.39. The quantitative estimate of drug-likeness (QED) is 0.547. The second-order valence-electron chi connectivity index (χ2n) is 5.94. The Hall–Kier alpha value is -2.96. The molecular formula is C20H28N4O3. The molecule has 0 radical (unpaired) electrons. The number of nitrogens with one attached hydrogen (secondary N) is 2. The third-order valence-electron chi connectivity index (χ3n) is 4.23. The number of hydrogen-bond acceptors (Lipinski definition) is 5. The molecule has 146 valence electrons. The third kappa shape index (κ3) is 5.51. The minimum absolute atomic E-state index is 0.574. The van der Waals surface area contributed by atoms with Crippen LogP contribution in [0.15, 0.2) is 35.6 Å². The Morgan fingerprint density at radius 2 is 1.78 bits per heavy atom. The number of ether oxygens (including phenoxy) is 3. The van der Waals surface area contributed by atoms with Crippen molar-refractivity contribution >= 4 is 5.96 Å². The highest BCUT2D eigenvalue weighted by molar-refractivity contribution is 5.79. The Morgan fingerprint density at radius 3 is 2.33 bits per heavy atom. The van der Waals surface area contributed by atoms with Gasteiger partial charge >= 0.3 is 0 Å². The van der Waals surface area contributed by atoms with Crippen molar-refractivity contribution in [1.82, 2.24) is 15.6 Å². The summed E-state index contributed by atoms with van der Waals surface area (Å²) in [6.07, 6.45) is 4.60. The zero-order valence-electron chi connectivity index (χ0n) is 16.6. The lowest BCUT2D eigenvalue weighted by Crippen LogP contribution is -2.37. The first-order valence-corrected chi connectivity index (χ1v) is 8.75. The highest BCUT2D eigenvalue weighted by atomic mass is 16.5. The summed E-state index contributed by atoms with van der Waals surface area (Å²) in [6.45, 7) is 3.42. The molecule has 0 bridgehead atoms. The fourth-order valence-corrected chi connectivity index (χ4v) is 2.74. The zero-order chi connectivity index (χ0) is 19.6. The van der Waals surface area contributed by atoms with Crippen LogP contribution < -0.4 is 24.8 Å². The molecule has 0 saturated carbocycles. The first kappa shape index (κ1) is 20.4. The average Bonchev–Trinajstić information content (AvgIpc) is 2.70. The van der Waals surface area contributed by atoms with Crippen molar-refractivity contribution in [3.05, 3.63) is 47.3 Å². The monoisotopic (exact) mass is 372 g/mol. The molecule has 0 aliphatic rings. The van der Waals surface area contributed by atoms with Crippen molar-refractivity contribution in [1.29, 1.82) is 0 Å². The van der Waals surface area contributed by atoms with Gasteiger partial charge < -0.3 is 24.8 Å². The van der Waals surface area contributed by atoms with Crippen LogP contribution in [0.4, 0.5) is 0 Å². The smallest absolute Gasteiger partial charge is 0.203 e. The maximum absolute atomic E-state index is 5.39. The van der Waals surface area contributed by atoms with Crippen molar-refractivity contribution < 1.29 is 14.2 Å². The fraction of sp³-hybridized carbons (Fsp3) is 0.400. The van der Waals surface area contributed by atoms with Crippen LogP contribution >= 0.6 is 0 Å². The minimum Gasteiger partial charge on any atom is -0.493 e. The highest BCUT2D eigenvalue weighted by Gasteiger charge is 2.13. The van der Waals surface area contributed by atoms with Crippen molar-refractivity contribution in [3.63, 3.8) is 0 Å². The lowest BCUT2D eigenvalue weighted by molar-refractivity contribution is 0.323. The normalized spacial score (nSPS) is 11.1. The van der Waals surface area contributed by atoms with E-state index >= 15 is 0 Å². The van der Waals surface area contributed by atoms with E-state index in [-0.39, 0.29) is 0 Å². The van der Waals surface area contributed by atoms with E-state index < -0.39 is 0 Å².